The van der Waals surface area contributed by atoms with Gasteiger partial charge in [-0.3, -0.25) is 9.69 Å². The van der Waals surface area contributed by atoms with Gasteiger partial charge in [0.05, 0.1) is 11.6 Å². The molecule has 0 aromatic carbocycles. The topological polar surface area (TPSA) is 57.4 Å². The smallest absolute Gasteiger partial charge is 0.253 e. The summed E-state index contributed by atoms with van der Waals surface area (Å²) in [5.41, 5.74) is 0.512. The van der Waals surface area contributed by atoms with Crippen molar-refractivity contribution in [2.45, 2.75) is 12.1 Å². The zero-order valence-electron chi connectivity index (χ0n) is 9.99. The minimum atomic E-state index is -0.179. The zero-order chi connectivity index (χ0) is 12.5. The van der Waals surface area contributed by atoms with Crippen LogP contribution in [0.5, 0.6) is 0 Å². The third-order valence-corrected chi connectivity index (χ3v) is 3.82. The van der Waals surface area contributed by atoms with Crippen molar-refractivity contribution in [1.82, 2.24) is 15.2 Å². The van der Waals surface area contributed by atoms with E-state index in [1.165, 1.54) is 6.20 Å². The molecule has 5 nitrogen and oxygen atoms in total. The summed E-state index contributed by atoms with van der Waals surface area (Å²) in [6.45, 7) is 4.37. The van der Waals surface area contributed by atoms with Crippen molar-refractivity contribution in [2.24, 2.45) is 0 Å². The number of aromatic amines is 1. The van der Waals surface area contributed by atoms with Crippen LogP contribution in [0.4, 0.5) is 0 Å². The predicted octanol–water partition coefficient (Wildman–Crippen LogP) is 0.373. The summed E-state index contributed by atoms with van der Waals surface area (Å²) >= 11 is 5.92. The van der Waals surface area contributed by atoms with Crippen LogP contribution in [-0.2, 0) is 4.74 Å². The summed E-state index contributed by atoms with van der Waals surface area (Å²) in [5, 5.41) is 3.89. The lowest BCUT2D eigenvalue weighted by molar-refractivity contribution is -0.0722. The molecule has 2 aliphatic heterocycles. The molecule has 1 aromatic heterocycles. The lowest BCUT2D eigenvalue weighted by atomic mass is 10.1. The molecule has 6 heteroatoms. The Morgan fingerprint density at radius 3 is 3.28 bits per heavy atom. The van der Waals surface area contributed by atoms with Gasteiger partial charge >= 0.3 is 0 Å². The van der Waals surface area contributed by atoms with Crippen LogP contribution in [-0.4, -0.2) is 48.7 Å². The number of H-pyrrole nitrogens is 1. The van der Waals surface area contributed by atoms with Crippen molar-refractivity contribution in [2.75, 3.05) is 32.8 Å². The van der Waals surface area contributed by atoms with Crippen LogP contribution in [0.25, 0.3) is 0 Å². The molecule has 2 saturated heterocycles. The van der Waals surface area contributed by atoms with Crippen LogP contribution < -0.4 is 10.9 Å². The van der Waals surface area contributed by atoms with Gasteiger partial charge in [-0.05, 0) is 6.07 Å². The highest BCUT2D eigenvalue weighted by Gasteiger charge is 2.32. The van der Waals surface area contributed by atoms with Gasteiger partial charge in [-0.1, -0.05) is 11.6 Å². The molecule has 2 N–H and O–H groups in total. The number of halogens is 1. The monoisotopic (exact) mass is 269 g/mol. The normalized spacial score (nSPS) is 28.9. The lowest BCUT2D eigenvalue weighted by Crippen LogP contribution is -2.57. The maximum absolute atomic E-state index is 11.8. The van der Waals surface area contributed by atoms with E-state index in [0.29, 0.717) is 23.2 Å². The fourth-order valence-electron chi connectivity index (χ4n) is 2.60. The van der Waals surface area contributed by atoms with Crippen molar-refractivity contribution in [3.63, 3.8) is 0 Å². The van der Waals surface area contributed by atoms with Crippen LogP contribution in [0, 0.1) is 0 Å². The summed E-state index contributed by atoms with van der Waals surface area (Å²) in [6, 6.07) is 2.13. The molecule has 3 heterocycles. The quantitative estimate of drug-likeness (QED) is 0.774. The number of hydrogen-bond donors (Lipinski definition) is 2. The van der Waals surface area contributed by atoms with Gasteiger partial charge in [0.2, 0.25) is 0 Å². The maximum atomic E-state index is 11.8. The van der Waals surface area contributed by atoms with E-state index in [2.05, 4.69) is 15.2 Å². The highest BCUT2D eigenvalue weighted by molar-refractivity contribution is 6.30. The fraction of sp³-hybridized carbons (Fsp3) is 0.583. The molecule has 0 spiro atoms. The molecule has 2 fully saturated rings. The molecule has 0 saturated carbocycles. The van der Waals surface area contributed by atoms with Crippen molar-refractivity contribution >= 4 is 11.6 Å². The molecule has 0 bridgehead atoms. The van der Waals surface area contributed by atoms with Crippen molar-refractivity contribution < 1.29 is 4.74 Å². The zero-order valence-corrected chi connectivity index (χ0v) is 10.7. The first-order valence-electron chi connectivity index (χ1n) is 6.18. The van der Waals surface area contributed by atoms with Crippen LogP contribution in [0.3, 0.4) is 0 Å². The molecule has 98 valence electrons. The molecule has 0 unspecified atom stereocenters. The third-order valence-electron chi connectivity index (χ3n) is 3.61. The number of aromatic nitrogens is 1. The van der Waals surface area contributed by atoms with Gasteiger partial charge in [0.1, 0.15) is 6.10 Å². The van der Waals surface area contributed by atoms with Gasteiger partial charge < -0.3 is 15.0 Å². The molecular formula is C12H16ClN3O2. The van der Waals surface area contributed by atoms with E-state index in [0.717, 1.165) is 26.2 Å². The molecule has 18 heavy (non-hydrogen) atoms. The van der Waals surface area contributed by atoms with Crippen LogP contribution >= 0.6 is 11.6 Å². The first-order chi connectivity index (χ1) is 8.74. The number of piperazine rings is 1. The number of fused-ring (bicyclic) bond motifs is 1. The third kappa shape index (κ3) is 2.31. The van der Waals surface area contributed by atoms with Gasteiger partial charge in [-0.15, -0.1) is 0 Å². The van der Waals surface area contributed by atoms with E-state index >= 15 is 0 Å². The maximum Gasteiger partial charge on any atom is 0.253 e. The van der Waals surface area contributed by atoms with Crippen LogP contribution in [0.2, 0.25) is 5.02 Å². The first kappa shape index (κ1) is 12.2. The Labute approximate surface area is 110 Å². The molecule has 2 atom stereocenters. The Morgan fingerprint density at radius 2 is 2.39 bits per heavy atom. The fourth-order valence-corrected chi connectivity index (χ4v) is 2.77. The Hall–Kier alpha value is -0.880. The predicted molar refractivity (Wildman–Crippen MR) is 69.0 cm³/mol. The highest BCUT2D eigenvalue weighted by Crippen LogP contribution is 2.24. The summed E-state index contributed by atoms with van der Waals surface area (Å²) in [5.74, 6) is 0. The second-order valence-electron chi connectivity index (χ2n) is 4.78. The Kier molecular flexibility index (Phi) is 3.39. The number of morpholine rings is 1. The molecule has 1 aromatic rings. The number of pyridine rings is 1. The van der Waals surface area contributed by atoms with E-state index in [-0.39, 0.29) is 11.7 Å². The van der Waals surface area contributed by atoms with E-state index < -0.39 is 0 Å². The minimum Gasteiger partial charge on any atom is -0.370 e. The van der Waals surface area contributed by atoms with Gasteiger partial charge in [0.25, 0.3) is 5.56 Å². The van der Waals surface area contributed by atoms with E-state index in [4.69, 9.17) is 16.3 Å². The largest absolute Gasteiger partial charge is 0.370 e. The second-order valence-corrected chi connectivity index (χ2v) is 5.21. The molecule has 2 aliphatic rings. The molecule has 0 radical (unpaired) electrons. The minimum absolute atomic E-state index is 0.113. The average molecular weight is 270 g/mol. The number of rotatable bonds is 1. The van der Waals surface area contributed by atoms with Crippen molar-refractivity contribution in [1.29, 1.82) is 0 Å². The number of nitrogens with one attached hydrogen (secondary N) is 2. The standard InChI is InChI=1S/C12H16ClN3O2/c13-8-3-10(12(17)15-4-8)11-6-16-2-1-14-5-9(16)7-18-11/h3-4,9,11,14H,1-2,5-7H2,(H,15,17)/t9-,11-/m0/s1. The van der Waals surface area contributed by atoms with Gasteiger partial charge in [0, 0.05) is 44.0 Å². The summed E-state index contributed by atoms with van der Waals surface area (Å²) < 4.78 is 5.81. The van der Waals surface area contributed by atoms with E-state index in [9.17, 15) is 4.79 Å². The summed E-state index contributed by atoms with van der Waals surface area (Å²) in [6.07, 6.45) is 1.32. The van der Waals surface area contributed by atoms with Crippen LogP contribution in [0.15, 0.2) is 17.1 Å². The first-order valence-corrected chi connectivity index (χ1v) is 6.56. The Bertz CT molecular complexity index is 490. The van der Waals surface area contributed by atoms with Gasteiger partial charge in [0.15, 0.2) is 0 Å². The Morgan fingerprint density at radius 1 is 1.50 bits per heavy atom. The van der Waals surface area contributed by atoms with E-state index in [1.54, 1.807) is 6.07 Å². The summed E-state index contributed by atoms with van der Waals surface area (Å²) in [4.78, 5) is 16.8. The SMILES string of the molecule is O=c1[nH]cc(Cl)cc1[C@@H]1CN2CCNC[C@H]2CO1. The van der Waals surface area contributed by atoms with Gasteiger partial charge in [-0.2, -0.15) is 0 Å². The lowest BCUT2D eigenvalue weighted by Gasteiger charge is -2.42. The second kappa shape index (κ2) is 5.01. The number of ether oxygens (including phenoxy) is 1. The number of nitrogens with zero attached hydrogens (tertiary/aromatic N) is 1. The molecular weight excluding hydrogens is 254 g/mol. The molecule has 0 amide bonds. The van der Waals surface area contributed by atoms with E-state index in [1.807, 2.05) is 0 Å². The van der Waals surface area contributed by atoms with Crippen molar-refractivity contribution in [3.8, 4) is 0 Å². The van der Waals surface area contributed by atoms with Gasteiger partial charge in [-0.25, -0.2) is 0 Å². The highest BCUT2D eigenvalue weighted by atomic mass is 35.5. The average Bonchev–Trinajstić information content (AvgIpc) is 2.41. The molecule has 0 aliphatic carbocycles. The number of hydrogen-bond acceptors (Lipinski definition) is 4. The Balaban J connectivity index is 1.81. The van der Waals surface area contributed by atoms with Crippen molar-refractivity contribution in [3.05, 3.63) is 33.2 Å². The summed E-state index contributed by atoms with van der Waals surface area (Å²) in [7, 11) is 0. The van der Waals surface area contributed by atoms with Crippen LogP contribution in [0.1, 0.15) is 11.7 Å². The molecule has 3 rings (SSSR count).